The summed E-state index contributed by atoms with van der Waals surface area (Å²) in [4.78, 5) is 4.47. The molecule has 0 spiro atoms. The summed E-state index contributed by atoms with van der Waals surface area (Å²) in [6.45, 7) is 6.49. The van der Waals surface area contributed by atoms with E-state index in [9.17, 15) is 0 Å². The second-order valence-corrected chi connectivity index (χ2v) is 9.95. The number of rotatable bonds is 6. The van der Waals surface area contributed by atoms with Crippen molar-refractivity contribution in [3.63, 3.8) is 0 Å². The number of aromatic nitrogens is 4. The molecule has 192 valence electrons. The van der Waals surface area contributed by atoms with Gasteiger partial charge in [-0.15, -0.1) is 0 Å². The molecule has 0 bridgehead atoms. The fourth-order valence-corrected chi connectivity index (χ4v) is 5.32. The van der Waals surface area contributed by atoms with Crippen LogP contribution in [-0.4, -0.2) is 19.3 Å². The Morgan fingerprint density at radius 3 is 2.13 bits per heavy atom. The van der Waals surface area contributed by atoms with Crippen LogP contribution in [0, 0.1) is 20.8 Å². The Hall–Kier alpha value is -4.90. The van der Waals surface area contributed by atoms with E-state index in [-0.39, 0.29) is 0 Å². The highest BCUT2D eigenvalue weighted by Gasteiger charge is 2.20. The number of hydrogen-bond acceptors (Lipinski definition) is 3. The number of nitrogens with zero attached hydrogens (tertiary/aromatic N) is 4. The van der Waals surface area contributed by atoms with Crippen LogP contribution in [0.4, 0.5) is 0 Å². The summed E-state index contributed by atoms with van der Waals surface area (Å²) in [5.41, 5.74) is 10.2. The molecule has 0 radical (unpaired) electrons. The summed E-state index contributed by atoms with van der Waals surface area (Å²) in [5, 5.41) is 4.90. The Morgan fingerprint density at radius 2 is 1.41 bits per heavy atom. The van der Waals surface area contributed by atoms with Crippen molar-refractivity contribution in [2.75, 3.05) is 0 Å². The number of benzene rings is 4. The monoisotopic (exact) mass is 510 g/mol. The minimum absolute atomic E-state index is 0.740. The predicted molar refractivity (Wildman–Crippen MR) is 157 cm³/mol. The van der Waals surface area contributed by atoms with Crippen molar-refractivity contribution >= 4 is 0 Å². The summed E-state index contributed by atoms with van der Waals surface area (Å²) in [6.07, 6.45) is 5.71. The third kappa shape index (κ3) is 4.75. The molecule has 0 aliphatic carbocycles. The average Bonchev–Trinajstić information content (AvgIpc) is 3.56. The second kappa shape index (κ2) is 10.1. The van der Waals surface area contributed by atoms with Crippen molar-refractivity contribution in [1.29, 1.82) is 0 Å². The number of ether oxygens (including phenoxy) is 1. The van der Waals surface area contributed by atoms with E-state index in [1.165, 1.54) is 22.3 Å². The van der Waals surface area contributed by atoms with Crippen LogP contribution in [0.15, 0.2) is 110 Å². The van der Waals surface area contributed by atoms with Crippen molar-refractivity contribution in [3.8, 4) is 51.0 Å². The van der Waals surface area contributed by atoms with E-state index >= 15 is 0 Å². The van der Waals surface area contributed by atoms with Crippen LogP contribution in [0.5, 0.6) is 11.5 Å². The second-order valence-electron chi connectivity index (χ2n) is 9.95. The normalized spacial score (nSPS) is 11.1. The molecular weight excluding hydrogens is 480 g/mol. The fourth-order valence-electron chi connectivity index (χ4n) is 5.32. The quantitative estimate of drug-likeness (QED) is 0.226. The first-order valence-electron chi connectivity index (χ1n) is 13.1. The highest BCUT2D eigenvalue weighted by atomic mass is 16.5. The van der Waals surface area contributed by atoms with Gasteiger partial charge in [0.1, 0.15) is 17.3 Å². The summed E-state index contributed by atoms with van der Waals surface area (Å²) in [5.74, 6) is 2.39. The molecule has 6 rings (SSSR count). The molecule has 0 unspecified atom stereocenters. The molecule has 0 saturated heterocycles. The zero-order valence-corrected chi connectivity index (χ0v) is 22.6. The van der Waals surface area contributed by atoms with Crippen LogP contribution in [0.1, 0.15) is 16.7 Å². The van der Waals surface area contributed by atoms with Gasteiger partial charge in [-0.25, -0.2) is 9.67 Å². The van der Waals surface area contributed by atoms with Crippen LogP contribution >= 0.6 is 0 Å². The Kier molecular flexibility index (Phi) is 6.33. The van der Waals surface area contributed by atoms with Gasteiger partial charge in [0.2, 0.25) is 0 Å². The van der Waals surface area contributed by atoms with Gasteiger partial charge in [-0.3, -0.25) is 0 Å². The van der Waals surface area contributed by atoms with Crippen molar-refractivity contribution in [2.45, 2.75) is 20.8 Å². The van der Waals surface area contributed by atoms with Gasteiger partial charge < -0.3 is 9.30 Å². The topological polar surface area (TPSA) is 44.9 Å². The third-order valence-corrected chi connectivity index (χ3v) is 6.98. The Balaban J connectivity index is 1.43. The van der Waals surface area contributed by atoms with E-state index in [1.54, 1.807) is 6.20 Å². The number of hydrogen-bond donors (Lipinski definition) is 0. The summed E-state index contributed by atoms with van der Waals surface area (Å²) >= 11 is 0. The van der Waals surface area contributed by atoms with Crippen LogP contribution < -0.4 is 4.74 Å². The molecule has 5 heteroatoms. The van der Waals surface area contributed by atoms with Gasteiger partial charge in [0.25, 0.3) is 0 Å². The fraction of sp³-hybridized carbons (Fsp3) is 0.118. The molecule has 4 aromatic carbocycles. The van der Waals surface area contributed by atoms with E-state index in [2.05, 4.69) is 68.2 Å². The molecule has 2 aromatic heterocycles. The first kappa shape index (κ1) is 24.4. The largest absolute Gasteiger partial charge is 0.457 e. The Morgan fingerprint density at radius 1 is 0.718 bits per heavy atom. The molecule has 6 aromatic rings. The van der Waals surface area contributed by atoms with Crippen molar-refractivity contribution < 1.29 is 4.74 Å². The number of imidazole rings is 1. The maximum absolute atomic E-state index is 6.34. The molecule has 0 aliphatic heterocycles. The molecule has 0 amide bonds. The van der Waals surface area contributed by atoms with E-state index in [0.717, 1.165) is 45.4 Å². The smallest absolute Gasteiger partial charge is 0.139 e. The third-order valence-electron chi connectivity index (χ3n) is 6.98. The van der Waals surface area contributed by atoms with E-state index in [0.29, 0.717) is 0 Å². The molecule has 0 saturated carbocycles. The van der Waals surface area contributed by atoms with E-state index in [4.69, 9.17) is 9.84 Å². The molecule has 2 heterocycles. The van der Waals surface area contributed by atoms with Gasteiger partial charge in [0, 0.05) is 42.2 Å². The first-order chi connectivity index (χ1) is 19.0. The lowest BCUT2D eigenvalue weighted by atomic mass is 9.93. The molecular formula is C34H30N4O. The van der Waals surface area contributed by atoms with Crippen LogP contribution in [0.25, 0.3) is 39.5 Å². The van der Waals surface area contributed by atoms with Gasteiger partial charge >= 0.3 is 0 Å². The summed E-state index contributed by atoms with van der Waals surface area (Å²) < 4.78 is 10.4. The van der Waals surface area contributed by atoms with Crippen LogP contribution in [0.3, 0.4) is 0 Å². The van der Waals surface area contributed by atoms with E-state index < -0.39 is 0 Å². The lowest BCUT2D eigenvalue weighted by Gasteiger charge is -2.17. The summed E-state index contributed by atoms with van der Waals surface area (Å²) in [6, 6.07) is 31.0. The zero-order valence-electron chi connectivity index (χ0n) is 22.6. The average molecular weight is 511 g/mol. The standard InChI is InChI=1S/C34H30N4O/c1-23-18-24(2)32(25(3)19-23)33-31(26-10-6-5-7-11-26)22-36-38(33)28-13-9-15-30(21-28)39-29-14-8-12-27(20-29)34-35-16-17-37(34)4/h5-22H,1-4H3. The van der Waals surface area contributed by atoms with Crippen molar-refractivity contribution in [1.82, 2.24) is 19.3 Å². The van der Waals surface area contributed by atoms with Gasteiger partial charge in [0.15, 0.2) is 0 Å². The Bertz CT molecular complexity index is 1760. The van der Waals surface area contributed by atoms with Gasteiger partial charge in [-0.05, 0) is 61.7 Å². The highest BCUT2D eigenvalue weighted by Crippen LogP contribution is 2.38. The zero-order chi connectivity index (χ0) is 26.9. The van der Waals surface area contributed by atoms with Crippen LogP contribution in [-0.2, 0) is 7.05 Å². The van der Waals surface area contributed by atoms with Crippen molar-refractivity contribution in [3.05, 3.63) is 126 Å². The predicted octanol–water partition coefficient (Wildman–Crippen LogP) is 8.32. The molecule has 0 N–H and O–H groups in total. The SMILES string of the molecule is Cc1cc(C)c(-c2c(-c3ccccc3)cnn2-c2cccc(Oc3cccc(-c4nccn4C)c3)c2)c(C)c1. The minimum atomic E-state index is 0.740. The van der Waals surface area contributed by atoms with Gasteiger partial charge in [-0.1, -0.05) is 66.2 Å². The molecule has 0 fully saturated rings. The molecule has 5 nitrogen and oxygen atoms in total. The van der Waals surface area contributed by atoms with Gasteiger partial charge in [-0.2, -0.15) is 5.10 Å². The van der Waals surface area contributed by atoms with Crippen LogP contribution in [0.2, 0.25) is 0 Å². The van der Waals surface area contributed by atoms with E-state index in [1.807, 2.05) is 77.2 Å². The maximum atomic E-state index is 6.34. The molecule has 39 heavy (non-hydrogen) atoms. The van der Waals surface area contributed by atoms with Crippen molar-refractivity contribution in [2.24, 2.45) is 7.05 Å². The lowest BCUT2D eigenvalue weighted by Crippen LogP contribution is -2.02. The highest BCUT2D eigenvalue weighted by molar-refractivity contribution is 5.85. The van der Waals surface area contributed by atoms with Gasteiger partial charge in [0.05, 0.1) is 17.6 Å². The first-order valence-corrected chi connectivity index (χ1v) is 13.1. The summed E-state index contributed by atoms with van der Waals surface area (Å²) in [7, 11) is 1.99. The maximum Gasteiger partial charge on any atom is 0.139 e. The molecule has 0 atom stereocenters. The minimum Gasteiger partial charge on any atom is -0.457 e. The molecule has 0 aliphatic rings. The lowest BCUT2D eigenvalue weighted by molar-refractivity contribution is 0.482. The number of aryl methyl sites for hydroxylation is 4. The Labute approximate surface area is 229 Å².